The Labute approximate surface area is 277 Å². The number of rotatable bonds is 20. The van der Waals surface area contributed by atoms with Crippen molar-refractivity contribution in [2.75, 3.05) is 13.2 Å². The van der Waals surface area contributed by atoms with Crippen LogP contribution in [0.5, 0.6) is 0 Å². The van der Waals surface area contributed by atoms with Crippen molar-refractivity contribution in [3.8, 4) is 0 Å². The highest BCUT2D eigenvalue weighted by atomic mass is 19.1. The van der Waals surface area contributed by atoms with Crippen LogP contribution in [0.3, 0.4) is 0 Å². The van der Waals surface area contributed by atoms with E-state index in [1.54, 1.807) is 12.1 Å². The highest BCUT2D eigenvalue weighted by Gasteiger charge is 2.32. The molecule has 0 aromatic heterocycles. The number of carbonyl (C=O) groups excluding carboxylic acids is 1. The van der Waals surface area contributed by atoms with Gasteiger partial charge >= 0.3 is 5.97 Å². The lowest BCUT2D eigenvalue weighted by Crippen LogP contribution is -2.35. The average Bonchev–Trinajstić information content (AvgIpc) is 3.36. The second kappa shape index (κ2) is 20.0. The summed E-state index contributed by atoms with van der Waals surface area (Å²) < 4.78 is 18.8. The number of carbonyl (C=O) groups is 1. The summed E-state index contributed by atoms with van der Waals surface area (Å²) in [6, 6.07) is 14.4. The molecule has 1 heterocycles. The van der Waals surface area contributed by atoms with E-state index in [0.29, 0.717) is 24.6 Å². The number of cyclic esters (lactones) is 1. The van der Waals surface area contributed by atoms with Crippen molar-refractivity contribution >= 4 is 17.5 Å². The standard InChI is InChI=1S/C40H57FN2O3/c1-5-6-7-8-9-10-11-12-13-14-15-16-17-18-19-20-29-43(30-32-21-23-33(24-22-32)40(2,3)4)38(37-36(44)31-46-39(37)45)42-35-27-25-34(41)26-28-35/h12-13,21-28,44H,5-11,14-20,29-31H2,1-4H3. The number of halogens is 1. The number of hydrogen-bond acceptors (Lipinski definition) is 4. The number of nitrogens with zero attached hydrogens (tertiary/aromatic N) is 2. The number of aliphatic hydroxyl groups excluding tert-OH is 1. The van der Waals surface area contributed by atoms with E-state index in [-0.39, 0.29) is 29.2 Å². The van der Waals surface area contributed by atoms with E-state index >= 15 is 0 Å². The van der Waals surface area contributed by atoms with E-state index in [0.717, 1.165) is 31.2 Å². The van der Waals surface area contributed by atoms with Crippen molar-refractivity contribution in [1.82, 2.24) is 4.90 Å². The van der Waals surface area contributed by atoms with Crippen LogP contribution in [0.4, 0.5) is 10.1 Å². The first kappa shape index (κ1) is 37.1. The monoisotopic (exact) mass is 632 g/mol. The fourth-order valence-electron chi connectivity index (χ4n) is 5.68. The second-order valence-electron chi connectivity index (χ2n) is 13.6. The molecule has 0 unspecified atom stereocenters. The molecule has 1 aliphatic heterocycles. The molecule has 0 saturated heterocycles. The highest BCUT2D eigenvalue weighted by Crippen LogP contribution is 2.26. The first-order chi connectivity index (χ1) is 22.2. The number of ether oxygens (including phenoxy) is 1. The summed E-state index contributed by atoms with van der Waals surface area (Å²) in [6.07, 6.45) is 22.0. The molecular weight excluding hydrogens is 575 g/mol. The van der Waals surface area contributed by atoms with Gasteiger partial charge in [0.1, 0.15) is 29.6 Å². The molecule has 5 nitrogen and oxygen atoms in total. The second-order valence-corrected chi connectivity index (χ2v) is 13.6. The van der Waals surface area contributed by atoms with Gasteiger partial charge in [-0.05, 0) is 72.9 Å². The van der Waals surface area contributed by atoms with Crippen LogP contribution >= 0.6 is 0 Å². The minimum atomic E-state index is -0.590. The lowest BCUT2D eigenvalue weighted by Gasteiger charge is -2.27. The third-order valence-corrected chi connectivity index (χ3v) is 8.55. The number of aliphatic imine (C=N–C) groups is 1. The highest BCUT2D eigenvalue weighted by molar-refractivity contribution is 6.20. The molecule has 2 aromatic carbocycles. The predicted octanol–water partition coefficient (Wildman–Crippen LogP) is 11.1. The summed E-state index contributed by atoms with van der Waals surface area (Å²) in [5, 5.41) is 10.7. The maximum atomic E-state index is 13.7. The predicted molar refractivity (Wildman–Crippen MR) is 189 cm³/mol. The lowest BCUT2D eigenvalue weighted by atomic mass is 9.87. The molecule has 0 fully saturated rings. The van der Waals surface area contributed by atoms with Crippen LogP contribution in [-0.4, -0.2) is 35.0 Å². The Morgan fingerprint density at radius 1 is 0.848 bits per heavy atom. The number of allylic oxidation sites excluding steroid dienone is 2. The molecule has 1 N–H and O–H groups in total. The van der Waals surface area contributed by atoms with Crippen molar-refractivity contribution in [1.29, 1.82) is 0 Å². The quantitative estimate of drug-likeness (QED) is 0.0519. The number of amidine groups is 1. The molecule has 2 aromatic rings. The van der Waals surface area contributed by atoms with Crippen LogP contribution in [-0.2, 0) is 21.5 Å². The Hall–Kier alpha value is -3.41. The molecule has 0 radical (unpaired) electrons. The van der Waals surface area contributed by atoms with Gasteiger partial charge in [-0.2, -0.15) is 0 Å². The Balaban J connectivity index is 1.59. The van der Waals surface area contributed by atoms with Gasteiger partial charge in [-0.1, -0.05) is 122 Å². The average molecular weight is 633 g/mol. The van der Waals surface area contributed by atoms with Gasteiger partial charge in [0.15, 0.2) is 0 Å². The number of unbranched alkanes of at least 4 members (excludes halogenated alkanes) is 12. The van der Waals surface area contributed by atoms with E-state index in [1.165, 1.54) is 81.9 Å². The number of benzene rings is 2. The molecule has 46 heavy (non-hydrogen) atoms. The summed E-state index contributed by atoms with van der Waals surface area (Å²) in [5.41, 5.74) is 2.96. The lowest BCUT2D eigenvalue weighted by molar-refractivity contribution is -0.135. The van der Waals surface area contributed by atoms with Gasteiger partial charge in [0, 0.05) is 13.1 Å². The SMILES string of the molecule is CCCCCCCCC=CCCCCCCCCN(Cc1ccc(C(C)(C)C)cc1)C(=Nc1ccc(F)cc1)C1=C(O)COC1=O. The molecule has 0 atom stereocenters. The van der Waals surface area contributed by atoms with Gasteiger partial charge in [-0.15, -0.1) is 0 Å². The Morgan fingerprint density at radius 3 is 1.96 bits per heavy atom. The summed E-state index contributed by atoms with van der Waals surface area (Å²) >= 11 is 0. The van der Waals surface area contributed by atoms with Crippen molar-refractivity contribution in [2.24, 2.45) is 4.99 Å². The van der Waals surface area contributed by atoms with Gasteiger partial charge in [-0.3, -0.25) is 0 Å². The zero-order valence-corrected chi connectivity index (χ0v) is 28.8. The normalized spacial score (nSPS) is 14.0. The maximum absolute atomic E-state index is 13.7. The van der Waals surface area contributed by atoms with Crippen LogP contribution in [0, 0.1) is 5.82 Å². The topological polar surface area (TPSA) is 62.1 Å². The number of aliphatic hydroxyl groups is 1. The number of esters is 1. The van der Waals surface area contributed by atoms with Gasteiger partial charge in [0.25, 0.3) is 0 Å². The van der Waals surface area contributed by atoms with Crippen molar-refractivity contribution < 1.29 is 19.0 Å². The Kier molecular flexibility index (Phi) is 16.1. The Morgan fingerprint density at radius 2 is 1.41 bits per heavy atom. The van der Waals surface area contributed by atoms with Gasteiger partial charge < -0.3 is 14.7 Å². The first-order valence-electron chi connectivity index (χ1n) is 17.6. The van der Waals surface area contributed by atoms with Gasteiger partial charge in [0.05, 0.1) is 5.69 Å². The molecule has 0 saturated carbocycles. The van der Waals surface area contributed by atoms with Crippen molar-refractivity contribution in [3.63, 3.8) is 0 Å². The summed E-state index contributed by atoms with van der Waals surface area (Å²) in [5.74, 6) is -0.713. The zero-order valence-electron chi connectivity index (χ0n) is 28.8. The van der Waals surface area contributed by atoms with Crippen molar-refractivity contribution in [3.05, 3.63) is 89.0 Å². The minimum absolute atomic E-state index is 0.0431. The van der Waals surface area contributed by atoms with E-state index in [9.17, 15) is 14.3 Å². The van der Waals surface area contributed by atoms with E-state index in [4.69, 9.17) is 9.73 Å². The molecule has 6 heteroatoms. The molecule has 0 bridgehead atoms. The fraction of sp³-hybridized carbons (Fsp3) is 0.550. The van der Waals surface area contributed by atoms with E-state index < -0.39 is 5.97 Å². The van der Waals surface area contributed by atoms with Crippen LogP contribution in [0.2, 0.25) is 0 Å². The Bertz CT molecular complexity index is 1270. The summed E-state index contributed by atoms with van der Waals surface area (Å²) in [7, 11) is 0. The number of hydrogen-bond donors (Lipinski definition) is 1. The van der Waals surface area contributed by atoms with Crippen LogP contribution < -0.4 is 0 Å². The van der Waals surface area contributed by atoms with E-state index in [2.05, 4.69) is 69.0 Å². The van der Waals surface area contributed by atoms with Crippen LogP contribution in [0.25, 0.3) is 0 Å². The first-order valence-corrected chi connectivity index (χ1v) is 17.6. The molecule has 3 rings (SSSR count). The molecule has 0 aliphatic carbocycles. The smallest absolute Gasteiger partial charge is 0.345 e. The molecular formula is C40H57FN2O3. The molecule has 1 aliphatic rings. The van der Waals surface area contributed by atoms with Gasteiger partial charge in [-0.25, -0.2) is 14.2 Å². The summed E-state index contributed by atoms with van der Waals surface area (Å²) in [4.78, 5) is 19.6. The minimum Gasteiger partial charge on any atom is -0.508 e. The largest absolute Gasteiger partial charge is 0.508 e. The van der Waals surface area contributed by atoms with Crippen LogP contribution in [0.1, 0.15) is 129 Å². The fourth-order valence-corrected chi connectivity index (χ4v) is 5.68. The molecule has 0 amide bonds. The third-order valence-electron chi connectivity index (χ3n) is 8.55. The van der Waals surface area contributed by atoms with Crippen molar-refractivity contribution in [2.45, 2.75) is 130 Å². The third kappa shape index (κ3) is 13.1. The zero-order chi connectivity index (χ0) is 33.2. The van der Waals surface area contributed by atoms with Gasteiger partial charge in [0.2, 0.25) is 0 Å². The van der Waals surface area contributed by atoms with Crippen LogP contribution in [0.15, 0.2) is 77.0 Å². The molecule has 0 spiro atoms. The van der Waals surface area contributed by atoms with E-state index in [1.807, 2.05) is 0 Å². The maximum Gasteiger partial charge on any atom is 0.345 e. The summed E-state index contributed by atoms with van der Waals surface area (Å²) in [6.45, 7) is 9.84. The molecule has 252 valence electrons.